The quantitative estimate of drug-likeness (QED) is 0.0243. The summed E-state index contributed by atoms with van der Waals surface area (Å²) in [5.41, 5.74) is 0. The van der Waals surface area contributed by atoms with E-state index in [-0.39, 0.29) is 19.1 Å². The van der Waals surface area contributed by atoms with Crippen LogP contribution in [0, 0.1) is 0 Å². The number of hydrogen-bond acceptors (Lipinski definition) is 5. The van der Waals surface area contributed by atoms with Gasteiger partial charge in [0.2, 0.25) is 5.91 Å². The number of rotatable bonds is 55. The number of amides is 1. The number of nitrogens with one attached hydrogen (secondary N) is 1. The monoisotopic (exact) mass is 1050 g/mol. The number of phosphoric acid groups is 1. The zero-order valence-corrected chi connectivity index (χ0v) is 49.7. The van der Waals surface area contributed by atoms with Crippen LogP contribution in [0.2, 0.25) is 0 Å². The van der Waals surface area contributed by atoms with Gasteiger partial charge in [-0.05, 0) is 89.9 Å². The summed E-state index contributed by atoms with van der Waals surface area (Å²) in [6, 6.07) is -0.879. The van der Waals surface area contributed by atoms with Crippen LogP contribution in [0.4, 0.5) is 0 Å². The lowest BCUT2D eigenvalue weighted by Gasteiger charge is -2.25. The van der Waals surface area contributed by atoms with Crippen molar-refractivity contribution in [3.05, 3.63) is 97.2 Å². The van der Waals surface area contributed by atoms with Crippen LogP contribution in [-0.4, -0.2) is 73.4 Å². The van der Waals surface area contributed by atoms with Crippen LogP contribution in [0.15, 0.2) is 97.2 Å². The normalized spacial score (nSPS) is 14.5. The van der Waals surface area contributed by atoms with Crippen molar-refractivity contribution in [3.63, 3.8) is 0 Å². The Morgan fingerprint density at radius 1 is 0.473 bits per heavy atom. The molecular weight excluding hydrogens is 936 g/mol. The van der Waals surface area contributed by atoms with Gasteiger partial charge in [-0.25, -0.2) is 4.57 Å². The van der Waals surface area contributed by atoms with Crippen molar-refractivity contribution >= 4 is 13.7 Å². The number of likely N-dealkylation sites (N-methyl/N-ethyl adjacent to an activating group) is 1. The third-order valence-electron chi connectivity index (χ3n) is 13.3. The van der Waals surface area contributed by atoms with E-state index in [1.54, 1.807) is 6.08 Å². The highest BCUT2D eigenvalue weighted by Gasteiger charge is 2.27. The van der Waals surface area contributed by atoms with Crippen LogP contribution in [0.25, 0.3) is 0 Å². The molecule has 0 aromatic heterocycles. The summed E-state index contributed by atoms with van der Waals surface area (Å²) in [5.74, 6) is -0.196. The van der Waals surface area contributed by atoms with Gasteiger partial charge in [0, 0.05) is 6.42 Å². The van der Waals surface area contributed by atoms with Crippen molar-refractivity contribution in [2.45, 2.75) is 270 Å². The third kappa shape index (κ3) is 57.1. The van der Waals surface area contributed by atoms with Gasteiger partial charge in [-0.1, -0.05) is 259 Å². The molecule has 8 nitrogen and oxygen atoms in total. The molecule has 0 bridgehead atoms. The van der Waals surface area contributed by atoms with E-state index < -0.39 is 20.0 Å². The van der Waals surface area contributed by atoms with Gasteiger partial charge in [-0.15, -0.1) is 0 Å². The van der Waals surface area contributed by atoms with E-state index in [0.717, 1.165) is 77.0 Å². The summed E-state index contributed by atoms with van der Waals surface area (Å²) in [5, 5.41) is 13.9. The highest BCUT2D eigenvalue weighted by Crippen LogP contribution is 2.43. The van der Waals surface area contributed by atoms with Crippen LogP contribution >= 0.6 is 7.82 Å². The minimum atomic E-state index is -4.37. The Balaban J connectivity index is 4.27. The molecule has 428 valence electrons. The Hall–Kier alpha value is -2.58. The van der Waals surface area contributed by atoms with Gasteiger partial charge in [0.15, 0.2) is 0 Å². The second-order valence-corrected chi connectivity index (χ2v) is 23.1. The molecule has 0 aliphatic carbocycles. The van der Waals surface area contributed by atoms with Gasteiger partial charge in [-0.3, -0.25) is 13.8 Å². The Labute approximate surface area is 458 Å². The average Bonchev–Trinajstić information content (AvgIpc) is 3.36. The summed E-state index contributed by atoms with van der Waals surface area (Å²) in [6.45, 7) is 4.68. The molecule has 1 amide bonds. The average molecular weight is 1050 g/mol. The second kappa shape index (κ2) is 55.2. The number of aliphatic hydroxyl groups excluding tert-OH is 1. The first-order valence-corrected chi connectivity index (χ1v) is 32.1. The number of carbonyl (C=O) groups excluding carboxylic acids is 1. The molecule has 0 heterocycles. The maximum Gasteiger partial charge on any atom is 0.472 e. The number of carbonyl (C=O) groups is 1. The Kier molecular flexibility index (Phi) is 53.3. The molecule has 9 heteroatoms. The Morgan fingerprint density at radius 2 is 0.824 bits per heavy atom. The first-order chi connectivity index (χ1) is 36.0. The van der Waals surface area contributed by atoms with Gasteiger partial charge >= 0.3 is 7.82 Å². The van der Waals surface area contributed by atoms with Gasteiger partial charge < -0.3 is 19.8 Å². The van der Waals surface area contributed by atoms with Gasteiger partial charge in [-0.2, -0.15) is 0 Å². The van der Waals surface area contributed by atoms with E-state index in [9.17, 15) is 19.4 Å². The van der Waals surface area contributed by atoms with Crippen LogP contribution in [0.1, 0.15) is 258 Å². The number of phosphoric ester groups is 1. The SMILES string of the molecule is CC/C=C\C/C=C\C/C=C\C/C=C\C/C=C\CCCCCCCCCCCCCC(=O)NC(COP(=O)(O)OCC[N+](C)(C)C)C(O)/C=C/CC/C=C/CC/C=C/CCCCCCCCCCCCCCCCC. The molecule has 3 atom stereocenters. The molecule has 0 saturated carbocycles. The predicted molar refractivity (Wildman–Crippen MR) is 322 cm³/mol. The molecule has 0 rings (SSSR count). The lowest BCUT2D eigenvalue weighted by atomic mass is 10.0. The second-order valence-electron chi connectivity index (χ2n) is 21.7. The molecule has 3 unspecified atom stereocenters. The van der Waals surface area contributed by atoms with Crippen molar-refractivity contribution in [2.75, 3.05) is 40.9 Å². The van der Waals surface area contributed by atoms with Crippen molar-refractivity contribution in [2.24, 2.45) is 0 Å². The summed E-state index contributed by atoms with van der Waals surface area (Å²) in [4.78, 5) is 23.3. The van der Waals surface area contributed by atoms with Crippen molar-refractivity contribution in [3.8, 4) is 0 Å². The fourth-order valence-corrected chi connectivity index (χ4v) is 9.25. The standard InChI is InChI=1S/C65H117N2O6P/c1-6-8-10-12-14-16-18-20-22-24-26-28-30-32-33-35-37-39-41-43-45-47-49-51-53-55-57-59-65(69)66-63(62-73-74(70,71)72-61-60-67(3,4)5)64(68)58-56-54-52-50-48-46-44-42-40-38-36-34-31-29-27-25-23-21-19-17-15-13-11-9-7-2/h8,10,14,16,20,22,26,28,32-33,40,42,48,50,56,58,63-64,68H,6-7,9,11-13,15,17-19,21,23-25,27,29-31,34-39,41,43-47,49,51-55,57,59-62H2,1-5H3,(H-,66,69,70,71)/p+1/b10-8-,16-14-,22-20-,28-26-,33-32-,42-40+,50-48+,58-56+. The zero-order valence-electron chi connectivity index (χ0n) is 48.8. The van der Waals surface area contributed by atoms with E-state index >= 15 is 0 Å². The molecule has 0 spiro atoms. The first-order valence-electron chi connectivity index (χ1n) is 30.6. The molecule has 0 aliphatic heterocycles. The molecule has 0 radical (unpaired) electrons. The number of allylic oxidation sites excluding steroid dienone is 15. The first kappa shape index (κ1) is 71.4. The molecular formula is C65H118N2O6P+. The lowest BCUT2D eigenvalue weighted by molar-refractivity contribution is -0.870. The summed E-state index contributed by atoms with van der Waals surface area (Å²) < 4.78 is 23.7. The summed E-state index contributed by atoms with van der Waals surface area (Å²) in [6.07, 6.45) is 79.5. The van der Waals surface area contributed by atoms with E-state index in [1.165, 1.54) is 161 Å². The van der Waals surface area contributed by atoms with E-state index in [4.69, 9.17) is 9.05 Å². The maximum atomic E-state index is 13.0. The van der Waals surface area contributed by atoms with Crippen LogP contribution in [-0.2, 0) is 18.4 Å². The molecule has 0 aromatic carbocycles. The summed E-state index contributed by atoms with van der Waals surface area (Å²) >= 11 is 0. The van der Waals surface area contributed by atoms with Crippen molar-refractivity contribution < 1.29 is 32.9 Å². The maximum absolute atomic E-state index is 13.0. The number of unbranched alkanes of at least 4 members (excludes halogenated alkanes) is 28. The topological polar surface area (TPSA) is 105 Å². The van der Waals surface area contributed by atoms with Crippen molar-refractivity contribution in [1.82, 2.24) is 5.32 Å². The predicted octanol–water partition coefficient (Wildman–Crippen LogP) is 19.0. The molecule has 0 aromatic rings. The van der Waals surface area contributed by atoms with Gasteiger partial charge in [0.05, 0.1) is 39.9 Å². The Bertz CT molecular complexity index is 1520. The zero-order chi connectivity index (χ0) is 54.2. The van der Waals surface area contributed by atoms with Crippen LogP contribution in [0.5, 0.6) is 0 Å². The number of hydrogen-bond donors (Lipinski definition) is 3. The largest absolute Gasteiger partial charge is 0.472 e. The molecule has 0 saturated heterocycles. The minimum Gasteiger partial charge on any atom is -0.387 e. The summed E-state index contributed by atoms with van der Waals surface area (Å²) in [7, 11) is 1.54. The highest BCUT2D eigenvalue weighted by molar-refractivity contribution is 7.47. The van der Waals surface area contributed by atoms with Crippen LogP contribution in [0.3, 0.4) is 0 Å². The van der Waals surface area contributed by atoms with Gasteiger partial charge in [0.1, 0.15) is 13.2 Å². The van der Waals surface area contributed by atoms with Crippen molar-refractivity contribution in [1.29, 1.82) is 0 Å². The van der Waals surface area contributed by atoms with Crippen LogP contribution < -0.4 is 5.32 Å². The highest BCUT2D eigenvalue weighted by atomic mass is 31.2. The molecule has 0 aliphatic rings. The molecule has 3 N–H and O–H groups in total. The van der Waals surface area contributed by atoms with E-state index in [1.807, 2.05) is 27.2 Å². The number of quaternary nitrogens is 1. The Morgan fingerprint density at radius 3 is 1.24 bits per heavy atom. The molecule has 0 fully saturated rings. The van der Waals surface area contributed by atoms with E-state index in [0.29, 0.717) is 17.4 Å². The lowest BCUT2D eigenvalue weighted by Crippen LogP contribution is -2.45. The molecule has 74 heavy (non-hydrogen) atoms. The number of nitrogens with zero attached hydrogens (tertiary/aromatic N) is 1. The smallest absolute Gasteiger partial charge is 0.387 e. The van der Waals surface area contributed by atoms with E-state index in [2.05, 4.69) is 104 Å². The fourth-order valence-electron chi connectivity index (χ4n) is 8.51. The number of aliphatic hydroxyl groups is 1. The van der Waals surface area contributed by atoms with Gasteiger partial charge in [0.25, 0.3) is 0 Å². The minimum absolute atomic E-state index is 0.0487. The fraction of sp³-hybridized carbons (Fsp3) is 0.738. The third-order valence-corrected chi connectivity index (χ3v) is 14.2.